The van der Waals surface area contributed by atoms with Gasteiger partial charge in [0.25, 0.3) is 5.91 Å². The van der Waals surface area contributed by atoms with E-state index in [2.05, 4.69) is 10.6 Å². The number of hydrogen-bond donors (Lipinski definition) is 2. The molecule has 0 saturated heterocycles. The first-order chi connectivity index (χ1) is 9.04. The monoisotopic (exact) mass is 320 g/mol. The van der Waals surface area contributed by atoms with Gasteiger partial charge in [-0.1, -0.05) is 23.2 Å². The second-order valence-corrected chi connectivity index (χ2v) is 4.93. The van der Waals surface area contributed by atoms with Gasteiger partial charge in [-0.25, -0.2) is 0 Å². The molecule has 0 saturated carbocycles. The molecule has 0 bridgehead atoms. The van der Waals surface area contributed by atoms with Crippen molar-refractivity contribution in [3.63, 3.8) is 0 Å². The first kappa shape index (κ1) is 16.2. The van der Waals surface area contributed by atoms with Crippen LogP contribution in [0.15, 0.2) is 18.2 Å². The Morgan fingerprint density at radius 2 is 2.16 bits per heavy atom. The van der Waals surface area contributed by atoms with Crippen molar-refractivity contribution >= 4 is 46.4 Å². The minimum Gasteiger partial charge on any atom is -0.385 e. The van der Waals surface area contributed by atoms with Crippen molar-refractivity contribution in [3.05, 3.63) is 33.8 Å². The first-order valence-electron chi connectivity index (χ1n) is 5.57. The van der Waals surface area contributed by atoms with Gasteiger partial charge in [-0.05, 0) is 36.8 Å². The fourth-order valence-electron chi connectivity index (χ4n) is 1.31. The van der Waals surface area contributed by atoms with E-state index in [0.29, 0.717) is 23.7 Å². The number of amides is 1. The number of carbonyl (C=O) groups is 1. The SMILES string of the molecule is COCCCNC(=S)NC(=O)c1ccc(Cl)cc1Cl. The molecule has 1 aromatic rings. The van der Waals surface area contributed by atoms with Crippen molar-refractivity contribution in [1.82, 2.24) is 10.6 Å². The molecular formula is C12H14Cl2N2O2S. The fraction of sp³-hybridized carbons (Fsp3) is 0.333. The van der Waals surface area contributed by atoms with Crippen LogP contribution in [0.2, 0.25) is 10.0 Å². The van der Waals surface area contributed by atoms with Crippen LogP contribution >= 0.6 is 35.4 Å². The summed E-state index contributed by atoms with van der Waals surface area (Å²) >= 11 is 16.7. The molecule has 0 fully saturated rings. The molecule has 0 aliphatic carbocycles. The summed E-state index contributed by atoms with van der Waals surface area (Å²) in [7, 11) is 1.63. The van der Waals surface area contributed by atoms with Gasteiger partial charge in [0, 0.05) is 25.3 Å². The lowest BCUT2D eigenvalue weighted by Crippen LogP contribution is -2.39. The minimum absolute atomic E-state index is 0.257. The molecule has 19 heavy (non-hydrogen) atoms. The number of rotatable bonds is 5. The zero-order chi connectivity index (χ0) is 14.3. The van der Waals surface area contributed by atoms with Crippen LogP contribution in [0.4, 0.5) is 0 Å². The van der Waals surface area contributed by atoms with Gasteiger partial charge in [0.2, 0.25) is 0 Å². The quantitative estimate of drug-likeness (QED) is 0.647. The number of carbonyl (C=O) groups excluding carboxylic acids is 1. The second-order valence-electron chi connectivity index (χ2n) is 3.68. The summed E-state index contributed by atoms with van der Waals surface area (Å²) in [6.07, 6.45) is 0.800. The number of ether oxygens (including phenoxy) is 1. The molecule has 0 heterocycles. The van der Waals surface area contributed by atoms with E-state index in [4.69, 9.17) is 40.2 Å². The molecule has 0 aliphatic heterocycles. The smallest absolute Gasteiger partial charge is 0.258 e. The Hall–Kier alpha value is -0.880. The van der Waals surface area contributed by atoms with E-state index < -0.39 is 0 Å². The van der Waals surface area contributed by atoms with Crippen LogP contribution in [-0.2, 0) is 4.74 Å². The van der Waals surface area contributed by atoms with Crippen LogP contribution in [0.3, 0.4) is 0 Å². The molecule has 1 rings (SSSR count). The minimum atomic E-state index is -0.370. The van der Waals surface area contributed by atoms with E-state index in [0.717, 1.165) is 6.42 Å². The number of halogens is 2. The lowest BCUT2D eigenvalue weighted by Gasteiger charge is -2.10. The van der Waals surface area contributed by atoms with Crippen molar-refractivity contribution in [1.29, 1.82) is 0 Å². The molecule has 104 valence electrons. The number of hydrogen-bond acceptors (Lipinski definition) is 3. The standard InChI is InChI=1S/C12H14Cl2N2O2S/c1-18-6-2-5-15-12(19)16-11(17)9-4-3-8(13)7-10(9)14/h3-4,7H,2,5-6H2,1H3,(H2,15,16,17,19). The first-order valence-corrected chi connectivity index (χ1v) is 6.74. The summed E-state index contributed by atoms with van der Waals surface area (Å²) in [5, 5.41) is 6.46. The molecule has 0 aromatic heterocycles. The molecule has 0 unspecified atom stereocenters. The number of thiocarbonyl (C=S) groups is 1. The molecular weight excluding hydrogens is 307 g/mol. The molecule has 1 amide bonds. The molecule has 0 aliphatic rings. The fourth-order valence-corrected chi connectivity index (χ4v) is 2.00. The molecule has 4 nitrogen and oxygen atoms in total. The molecule has 0 radical (unpaired) electrons. The van der Waals surface area contributed by atoms with Gasteiger partial charge in [0.05, 0.1) is 10.6 Å². The highest BCUT2D eigenvalue weighted by molar-refractivity contribution is 7.80. The van der Waals surface area contributed by atoms with E-state index in [1.807, 2.05) is 0 Å². The van der Waals surface area contributed by atoms with Gasteiger partial charge in [-0.2, -0.15) is 0 Å². The summed E-state index contributed by atoms with van der Waals surface area (Å²) in [5.74, 6) is -0.370. The normalized spacial score (nSPS) is 10.1. The Kier molecular flexibility index (Phi) is 7.09. The van der Waals surface area contributed by atoms with E-state index in [1.165, 1.54) is 6.07 Å². The Morgan fingerprint density at radius 3 is 2.79 bits per heavy atom. The maximum Gasteiger partial charge on any atom is 0.258 e. The predicted molar refractivity (Wildman–Crippen MR) is 81.0 cm³/mol. The van der Waals surface area contributed by atoms with Crippen LogP contribution in [0.5, 0.6) is 0 Å². The van der Waals surface area contributed by atoms with E-state index in [1.54, 1.807) is 19.2 Å². The molecule has 1 aromatic carbocycles. The van der Waals surface area contributed by atoms with Gasteiger partial charge < -0.3 is 10.1 Å². The summed E-state index contributed by atoms with van der Waals surface area (Å²) < 4.78 is 4.90. The lowest BCUT2D eigenvalue weighted by atomic mass is 10.2. The highest BCUT2D eigenvalue weighted by Crippen LogP contribution is 2.20. The van der Waals surface area contributed by atoms with Crippen LogP contribution < -0.4 is 10.6 Å². The third-order valence-electron chi connectivity index (χ3n) is 2.21. The third-order valence-corrected chi connectivity index (χ3v) is 3.01. The maximum absolute atomic E-state index is 11.9. The molecule has 7 heteroatoms. The van der Waals surface area contributed by atoms with Crippen LogP contribution in [0.1, 0.15) is 16.8 Å². The second kappa shape index (κ2) is 8.32. The zero-order valence-corrected chi connectivity index (χ0v) is 12.7. The highest BCUT2D eigenvalue weighted by atomic mass is 35.5. The van der Waals surface area contributed by atoms with E-state index in [9.17, 15) is 4.79 Å². The molecule has 0 spiro atoms. The Morgan fingerprint density at radius 1 is 1.42 bits per heavy atom. The summed E-state index contributed by atoms with van der Waals surface area (Å²) in [5.41, 5.74) is 0.326. The maximum atomic E-state index is 11.9. The molecule has 0 atom stereocenters. The van der Waals surface area contributed by atoms with Crippen molar-refractivity contribution in [2.75, 3.05) is 20.3 Å². The van der Waals surface area contributed by atoms with Crippen LogP contribution in [-0.4, -0.2) is 31.3 Å². The lowest BCUT2D eigenvalue weighted by molar-refractivity contribution is 0.0977. The topological polar surface area (TPSA) is 50.4 Å². The largest absolute Gasteiger partial charge is 0.385 e. The summed E-state index contributed by atoms with van der Waals surface area (Å²) in [4.78, 5) is 11.9. The average Bonchev–Trinajstić information content (AvgIpc) is 2.34. The van der Waals surface area contributed by atoms with Gasteiger partial charge in [-0.15, -0.1) is 0 Å². The Bertz CT molecular complexity index is 469. The van der Waals surface area contributed by atoms with Crippen LogP contribution in [0, 0.1) is 0 Å². The number of methoxy groups -OCH3 is 1. The Balaban J connectivity index is 2.48. The summed E-state index contributed by atoms with van der Waals surface area (Å²) in [6.45, 7) is 1.26. The van der Waals surface area contributed by atoms with Gasteiger partial charge in [0.15, 0.2) is 5.11 Å². The number of benzene rings is 1. The zero-order valence-electron chi connectivity index (χ0n) is 10.3. The molecule has 2 N–H and O–H groups in total. The third kappa shape index (κ3) is 5.74. The van der Waals surface area contributed by atoms with Crippen molar-refractivity contribution in [3.8, 4) is 0 Å². The van der Waals surface area contributed by atoms with E-state index in [-0.39, 0.29) is 16.0 Å². The van der Waals surface area contributed by atoms with Crippen LogP contribution in [0.25, 0.3) is 0 Å². The Labute approximate surface area is 127 Å². The van der Waals surface area contributed by atoms with Gasteiger partial charge in [0.1, 0.15) is 0 Å². The van der Waals surface area contributed by atoms with Crippen molar-refractivity contribution in [2.24, 2.45) is 0 Å². The van der Waals surface area contributed by atoms with E-state index >= 15 is 0 Å². The van der Waals surface area contributed by atoms with Gasteiger partial charge >= 0.3 is 0 Å². The summed E-state index contributed by atoms with van der Waals surface area (Å²) in [6, 6.07) is 4.65. The predicted octanol–water partition coefficient (Wildman–Crippen LogP) is 2.63. The van der Waals surface area contributed by atoms with Crippen molar-refractivity contribution < 1.29 is 9.53 Å². The average molecular weight is 321 g/mol. The highest BCUT2D eigenvalue weighted by Gasteiger charge is 2.11. The number of nitrogens with one attached hydrogen (secondary N) is 2. The van der Waals surface area contributed by atoms with Crippen molar-refractivity contribution in [2.45, 2.75) is 6.42 Å². The van der Waals surface area contributed by atoms with Gasteiger partial charge in [-0.3, -0.25) is 10.1 Å².